The van der Waals surface area contributed by atoms with Gasteiger partial charge in [-0.3, -0.25) is 5.32 Å². The molecule has 0 fully saturated rings. The van der Waals surface area contributed by atoms with Crippen LogP contribution in [0, 0.1) is 0 Å². The van der Waals surface area contributed by atoms with Gasteiger partial charge in [0.05, 0.1) is 0 Å². The highest BCUT2D eigenvalue weighted by Crippen LogP contribution is 2.27. The van der Waals surface area contributed by atoms with Crippen molar-refractivity contribution in [1.82, 2.24) is 10.3 Å². The van der Waals surface area contributed by atoms with Crippen molar-refractivity contribution in [1.29, 1.82) is 0 Å². The number of rotatable bonds is 1. The van der Waals surface area contributed by atoms with E-state index in [0.717, 1.165) is 5.01 Å². The summed E-state index contributed by atoms with van der Waals surface area (Å²) in [6, 6.07) is -0.219. The Balaban J connectivity index is 2.65. The van der Waals surface area contributed by atoms with E-state index < -0.39 is 0 Å². The summed E-state index contributed by atoms with van der Waals surface area (Å²) in [4.78, 5) is 16.0. The van der Waals surface area contributed by atoms with Crippen LogP contribution in [0.1, 0.15) is 46.6 Å². The van der Waals surface area contributed by atoms with Gasteiger partial charge >= 0.3 is 6.03 Å². The first-order valence-corrected chi connectivity index (χ1v) is 6.51. The minimum absolute atomic E-state index is 0.0189. The van der Waals surface area contributed by atoms with Crippen LogP contribution in [0.5, 0.6) is 0 Å². The SMILES string of the molecule is CC(C)(C)NC(=O)Nc1csc(C(C)(C)C)n1. The fraction of sp³-hybridized carbons (Fsp3) is 0.667. The highest BCUT2D eigenvalue weighted by atomic mass is 32.1. The Kier molecular flexibility index (Phi) is 3.81. The van der Waals surface area contributed by atoms with Crippen LogP contribution in [0.25, 0.3) is 0 Å². The minimum Gasteiger partial charge on any atom is -0.333 e. The highest BCUT2D eigenvalue weighted by Gasteiger charge is 2.19. The fourth-order valence-corrected chi connectivity index (χ4v) is 2.00. The molecule has 0 aliphatic heterocycles. The van der Waals surface area contributed by atoms with Crippen molar-refractivity contribution < 1.29 is 4.79 Å². The molecule has 0 saturated carbocycles. The molecule has 0 bridgehead atoms. The van der Waals surface area contributed by atoms with Crippen LogP contribution in [0.2, 0.25) is 0 Å². The molecule has 0 aliphatic carbocycles. The Labute approximate surface area is 107 Å². The van der Waals surface area contributed by atoms with Gasteiger partial charge < -0.3 is 5.32 Å². The summed E-state index contributed by atoms with van der Waals surface area (Å²) in [6.07, 6.45) is 0. The monoisotopic (exact) mass is 255 g/mol. The second-order valence-corrected chi connectivity index (χ2v) is 6.98. The van der Waals surface area contributed by atoms with E-state index in [-0.39, 0.29) is 17.0 Å². The zero-order chi connectivity index (χ0) is 13.3. The molecule has 1 rings (SSSR count). The molecule has 17 heavy (non-hydrogen) atoms. The molecule has 0 spiro atoms. The predicted molar refractivity (Wildman–Crippen MR) is 72.7 cm³/mol. The molecule has 2 amide bonds. The maximum Gasteiger partial charge on any atom is 0.320 e. The predicted octanol–water partition coefficient (Wildman–Crippen LogP) is 3.36. The van der Waals surface area contributed by atoms with Crippen LogP contribution in [0.15, 0.2) is 5.38 Å². The summed E-state index contributed by atoms with van der Waals surface area (Å²) in [7, 11) is 0. The number of hydrogen-bond acceptors (Lipinski definition) is 3. The molecule has 4 nitrogen and oxygen atoms in total. The molecule has 0 aromatic carbocycles. The second kappa shape index (κ2) is 4.64. The van der Waals surface area contributed by atoms with Crippen molar-refractivity contribution in [3.63, 3.8) is 0 Å². The Bertz CT molecular complexity index is 399. The summed E-state index contributed by atoms with van der Waals surface area (Å²) in [5, 5.41) is 8.45. The largest absolute Gasteiger partial charge is 0.333 e. The van der Waals surface area contributed by atoms with Crippen molar-refractivity contribution in [3.05, 3.63) is 10.4 Å². The van der Waals surface area contributed by atoms with E-state index in [9.17, 15) is 4.79 Å². The molecule has 96 valence electrons. The van der Waals surface area contributed by atoms with E-state index in [1.165, 1.54) is 0 Å². The first-order valence-electron chi connectivity index (χ1n) is 5.63. The molecule has 5 heteroatoms. The summed E-state index contributed by atoms with van der Waals surface area (Å²) < 4.78 is 0. The first kappa shape index (κ1) is 14.0. The maximum atomic E-state index is 11.6. The lowest BCUT2D eigenvalue weighted by Gasteiger charge is -2.20. The molecular formula is C12H21N3OS. The quantitative estimate of drug-likeness (QED) is 0.808. The Morgan fingerprint density at radius 3 is 2.24 bits per heavy atom. The van der Waals surface area contributed by atoms with Crippen LogP contribution in [0.4, 0.5) is 10.6 Å². The van der Waals surface area contributed by atoms with E-state index in [4.69, 9.17) is 0 Å². The highest BCUT2D eigenvalue weighted by molar-refractivity contribution is 7.10. The average molecular weight is 255 g/mol. The number of hydrogen-bond donors (Lipinski definition) is 2. The molecule has 0 aliphatic rings. The molecule has 0 atom stereocenters. The molecule has 2 N–H and O–H groups in total. The van der Waals surface area contributed by atoms with Crippen LogP contribution in [-0.2, 0) is 5.41 Å². The Morgan fingerprint density at radius 1 is 1.24 bits per heavy atom. The smallest absolute Gasteiger partial charge is 0.320 e. The van der Waals surface area contributed by atoms with E-state index in [1.54, 1.807) is 11.3 Å². The zero-order valence-corrected chi connectivity index (χ0v) is 12.2. The van der Waals surface area contributed by atoms with Gasteiger partial charge in [0.2, 0.25) is 0 Å². The van der Waals surface area contributed by atoms with Crippen LogP contribution in [-0.4, -0.2) is 16.6 Å². The van der Waals surface area contributed by atoms with E-state index in [2.05, 4.69) is 36.4 Å². The molecule has 0 radical (unpaired) electrons. The second-order valence-electron chi connectivity index (χ2n) is 6.12. The number of anilines is 1. The molecule has 0 saturated heterocycles. The first-order chi connectivity index (χ1) is 7.58. The number of amides is 2. The third-order valence-electron chi connectivity index (χ3n) is 1.88. The van der Waals surface area contributed by atoms with E-state index in [0.29, 0.717) is 5.82 Å². The number of nitrogens with one attached hydrogen (secondary N) is 2. The van der Waals surface area contributed by atoms with Crippen LogP contribution >= 0.6 is 11.3 Å². The van der Waals surface area contributed by atoms with Crippen molar-refractivity contribution in [2.45, 2.75) is 52.5 Å². The summed E-state index contributed by atoms with van der Waals surface area (Å²) in [6.45, 7) is 12.1. The number of aromatic nitrogens is 1. The van der Waals surface area contributed by atoms with Gasteiger partial charge in [-0.15, -0.1) is 11.3 Å². The maximum absolute atomic E-state index is 11.6. The standard InChI is InChI=1S/C12H21N3OS/c1-11(2,3)9-13-8(7-17-9)14-10(16)15-12(4,5)6/h7H,1-6H3,(H2,14,15,16). The lowest BCUT2D eigenvalue weighted by molar-refractivity contribution is 0.243. The summed E-state index contributed by atoms with van der Waals surface area (Å²) in [5.41, 5.74) is -0.224. The number of thiazole rings is 1. The third-order valence-corrected chi connectivity index (χ3v) is 3.14. The van der Waals surface area contributed by atoms with Gasteiger partial charge in [0.15, 0.2) is 0 Å². The third kappa shape index (κ3) is 4.73. The molecule has 1 aromatic heterocycles. The van der Waals surface area contributed by atoms with E-state index in [1.807, 2.05) is 26.2 Å². The number of carbonyl (C=O) groups is 1. The van der Waals surface area contributed by atoms with Gasteiger partial charge in [-0.25, -0.2) is 9.78 Å². The zero-order valence-electron chi connectivity index (χ0n) is 11.3. The summed E-state index contributed by atoms with van der Waals surface area (Å²) in [5.74, 6) is 0.613. The van der Waals surface area contributed by atoms with Crippen molar-refractivity contribution >= 4 is 23.2 Å². The van der Waals surface area contributed by atoms with Gasteiger partial charge in [0.25, 0.3) is 0 Å². The number of nitrogens with zero attached hydrogens (tertiary/aromatic N) is 1. The number of carbonyl (C=O) groups excluding carboxylic acids is 1. The van der Waals surface area contributed by atoms with Crippen molar-refractivity contribution in [3.8, 4) is 0 Å². The minimum atomic E-state index is -0.243. The Morgan fingerprint density at radius 2 is 1.82 bits per heavy atom. The van der Waals surface area contributed by atoms with E-state index >= 15 is 0 Å². The van der Waals surface area contributed by atoms with Crippen molar-refractivity contribution in [2.24, 2.45) is 0 Å². The topological polar surface area (TPSA) is 54.0 Å². The van der Waals surface area contributed by atoms with Crippen LogP contribution in [0.3, 0.4) is 0 Å². The molecular weight excluding hydrogens is 234 g/mol. The lowest BCUT2D eigenvalue weighted by atomic mass is 9.98. The van der Waals surface area contributed by atoms with Crippen LogP contribution < -0.4 is 10.6 Å². The Hall–Kier alpha value is -1.10. The van der Waals surface area contributed by atoms with Gasteiger partial charge in [-0.2, -0.15) is 0 Å². The number of urea groups is 1. The van der Waals surface area contributed by atoms with Gasteiger partial charge in [0.1, 0.15) is 10.8 Å². The van der Waals surface area contributed by atoms with Gasteiger partial charge in [-0.05, 0) is 20.8 Å². The lowest BCUT2D eigenvalue weighted by Crippen LogP contribution is -2.43. The molecule has 0 unspecified atom stereocenters. The normalized spacial score (nSPS) is 12.4. The molecule has 1 heterocycles. The summed E-state index contributed by atoms with van der Waals surface area (Å²) >= 11 is 1.56. The van der Waals surface area contributed by atoms with Gasteiger partial charge in [0, 0.05) is 16.3 Å². The molecule has 1 aromatic rings. The fourth-order valence-electron chi connectivity index (χ4n) is 1.16. The average Bonchev–Trinajstić information content (AvgIpc) is 2.47. The van der Waals surface area contributed by atoms with Gasteiger partial charge in [-0.1, -0.05) is 20.8 Å². The van der Waals surface area contributed by atoms with Crippen molar-refractivity contribution in [2.75, 3.05) is 5.32 Å².